The van der Waals surface area contributed by atoms with Gasteiger partial charge in [-0.05, 0) is 45.9 Å². The van der Waals surface area contributed by atoms with Gasteiger partial charge in [0, 0.05) is 10.6 Å². The number of rotatable bonds is 5. The lowest BCUT2D eigenvalue weighted by molar-refractivity contribution is -0.151. The van der Waals surface area contributed by atoms with E-state index in [9.17, 15) is 9.59 Å². The zero-order valence-corrected chi connectivity index (χ0v) is 13.6. The van der Waals surface area contributed by atoms with Crippen LogP contribution in [0.3, 0.4) is 0 Å². The van der Waals surface area contributed by atoms with Crippen molar-refractivity contribution < 1.29 is 19.1 Å². The summed E-state index contributed by atoms with van der Waals surface area (Å²) in [6.07, 6.45) is 0. The lowest BCUT2D eigenvalue weighted by Crippen LogP contribution is -2.24. The van der Waals surface area contributed by atoms with Gasteiger partial charge in [-0.15, -0.1) is 11.8 Å². The second-order valence-corrected chi connectivity index (χ2v) is 6.39. The van der Waals surface area contributed by atoms with Gasteiger partial charge in [0.25, 0.3) is 0 Å². The number of benzene rings is 1. The Bertz CT molecular complexity index is 523. The van der Waals surface area contributed by atoms with Crippen molar-refractivity contribution in [1.29, 1.82) is 0 Å². The molecule has 0 fully saturated rings. The SMILES string of the molecule is CCOC(=O)c1cc(SCC(=O)OC(C)(C)C)ccc1N. The number of carbonyl (C=O) groups is 2. The van der Waals surface area contributed by atoms with E-state index in [1.54, 1.807) is 25.1 Å². The Kier molecular flexibility index (Phi) is 6.08. The summed E-state index contributed by atoms with van der Waals surface area (Å²) in [7, 11) is 0. The quantitative estimate of drug-likeness (QED) is 0.512. The van der Waals surface area contributed by atoms with Crippen LogP contribution in [0.25, 0.3) is 0 Å². The molecule has 0 heterocycles. The van der Waals surface area contributed by atoms with Gasteiger partial charge in [-0.2, -0.15) is 0 Å². The Morgan fingerprint density at radius 1 is 1.29 bits per heavy atom. The lowest BCUT2D eigenvalue weighted by Gasteiger charge is -2.19. The first-order valence-corrected chi connectivity index (χ1v) is 7.63. The number of hydrogen-bond donors (Lipinski definition) is 1. The second-order valence-electron chi connectivity index (χ2n) is 5.34. The van der Waals surface area contributed by atoms with Gasteiger partial charge in [0.1, 0.15) is 5.60 Å². The van der Waals surface area contributed by atoms with Gasteiger partial charge in [-0.1, -0.05) is 0 Å². The Labute approximate surface area is 129 Å². The highest BCUT2D eigenvalue weighted by Gasteiger charge is 2.17. The van der Waals surface area contributed by atoms with Crippen LogP contribution in [0.2, 0.25) is 0 Å². The lowest BCUT2D eigenvalue weighted by atomic mass is 10.2. The van der Waals surface area contributed by atoms with Gasteiger partial charge in [0.05, 0.1) is 17.9 Å². The number of carbonyl (C=O) groups excluding carboxylic acids is 2. The number of thioether (sulfide) groups is 1. The summed E-state index contributed by atoms with van der Waals surface area (Å²) in [5, 5.41) is 0. The fourth-order valence-electron chi connectivity index (χ4n) is 1.52. The monoisotopic (exact) mass is 311 g/mol. The topological polar surface area (TPSA) is 78.6 Å². The maximum Gasteiger partial charge on any atom is 0.340 e. The predicted molar refractivity (Wildman–Crippen MR) is 83.4 cm³/mol. The van der Waals surface area contributed by atoms with Crippen LogP contribution in [0, 0.1) is 0 Å². The molecule has 0 unspecified atom stereocenters. The molecule has 0 saturated heterocycles. The highest BCUT2D eigenvalue weighted by Crippen LogP contribution is 2.24. The summed E-state index contributed by atoms with van der Waals surface area (Å²) >= 11 is 1.29. The molecule has 0 amide bonds. The molecule has 2 N–H and O–H groups in total. The first-order chi connectivity index (χ1) is 9.73. The summed E-state index contributed by atoms with van der Waals surface area (Å²) in [5.41, 5.74) is 5.92. The second kappa shape index (κ2) is 7.36. The molecule has 0 aliphatic heterocycles. The summed E-state index contributed by atoms with van der Waals surface area (Å²) in [6, 6.07) is 5.01. The largest absolute Gasteiger partial charge is 0.462 e. The molecule has 6 heteroatoms. The standard InChI is InChI=1S/C15H21NO4S/c1-5-19-14(18)11-8-10(6-7-12(11)16)21-9-13(17)20-15(2,3)4/h6-8H,5,9,16H2,1-4H3. The number of hydrogen-bond acceptors (Lipinski definition) is 6. The molecular weight excluding hydrogens is 290 g/mol. The summed E-state index contributed by atoms with van der Waals surface area (Å²) < 4.78 is 10.2. The highest BCUT2D eigenvalue weighted by atomic mass is 32.2. The van der Waals surface area contributed by atoms with Gasteiger partial charge in [0.2, 0.25) is 0 Å². The van der Waals surface area contributed by atoms with Crippen LogP contribution in [0.15, 0.2) is 23.1 Å². The first-order valence-electron chi connectivity index (χ1n) is 6.64. The fraction of sp³-hybridized carbons (Fsp3) is 0.467. The van der Waals surface area contributed by atoms with Gasteiger partial charge in [-0.25, -0.2) is 4.79 Å². The van der Waals surface area contributed by atoms with Crippen LogP contribution in [0.1, 0.15) is 38.1 Å². The van der Waals surface area contributed by atoms with E-state index in [1.807, 2.05) is 20.8 Å². The summed E-state index contributed by atoms with van der Waals surface area (Å²) in [4.78, 5) is 24.2. The van der Waals surface area contributed by atoms with Crippen LogP contribution < -0.4 is 5.73 Å². The molecule has 116 valence electrons. The van der Waals surface area contributed by atoms with E-state index in [0.29, 0.717) is 11.3 Å². The van der Waals surface area contributed by atoms with Crippen molar-refractivity contribution in [2.24, 2.45) is 0 Å². The number of nitrogens with two attached hydrogens (primary N) is 1. The molecule has 0 aromatic heterocycles. The van der Waals surface area contributed by atoms with Crippen molar-refractivity contribution in [1.82, 2.24) is 0 Å². The smallest absolute Gasteiger partial charge is 0.340 e. The molecule has 0 atom stereocenters. The molecule has 5 nitrogen and oxygen atoms in total. The van der Waals surface area contributed by atoms with Crippen molar-refractivity contribution in [3.05, 3.63) is 23.8 Å². The number of esters is 2. The Morgan fingerprint density at radius 2 is 1.95 bits per heavy atom. The number of ether oxygens (including phenoxy) is 2. The van der Waals surface area contributed by atoms with Gasteiger partial charge >= 0.3 is 11.9 Å². The van der Waals surface area contributed by atoms with E-state index in [4.69, 9.17) is 15.2 Å². The Hall–Kier alpha value is -1.69. The fourth-order valence-corrected chi connectivity index (χ4v) is 2.23. The predicted octanol–water partition coefficient (Wildman–Crippen LogP) is 2.88. The zero-order valence-electron chi connectivity index (χ0n) is 12.8. The van der Waals surface area contributed by atoms with Crippen molar-refractivity contribution >= 4 is 29.4 Å². The minimum absolute atomic E-state index is 0.170. The molecule has 0 spiro atoms. The third kappa shape index (κ3) is 6.08. The maximum atomic E-state index is 11.7. The van der Waals surface area contributed by atoms with Crippen molar-refractivity contribution in [2.45, 2.75) is 38.2 Å². The van der Waals surface area contributed by atoms with Crippen LogP contribution in [-0.4, -0.2) is 29.9 Å². The number of anilines is 1. The molecule has 1 aromatic carbocycles. The molecule has 21 heavy (non-hydrogen) atoms. The third-order valence-electron chi connectivity index (χ3n) is 2.30. The van der Waals surface area contributed by atoms with Gasteiger partial charge in [0.15, 0.2) is 0 Å². The normalized spacial score (nSPS) is 11.0. The number of nitrogen functional groups attached to an aromatic ring is 1. The molecular formula is C15H21NO4S. The molecule has 0 aliphatic rings. The van der Waals surface area contributed by atoms with E-state index in [0.717, 1.165) is 4.90 Å². The Morgan fingerprint density at radius 3 is 2.52 bits per heavy atom. The van der Waals surface area contributed by atoms with E-state index in [-0.39, 0.29) is 18.3 Å². The van der Waals surface area contributed by atoms with E-state index in [2.05, 4.69) is 0 Å². The average molecular weight is 311 g/mol. The van der Waals surface area contributed by atoms with E-state index < -0.39 is 11.6 Å². The molecule has 1 aromatic rings. The summed E-state index contributed by atoms with van der Waals surface area (Å²) in [6.45, 7) is 7.47. The van der Waals surface area contributed by atoms with Crippen LogP contribution in [0.5, 0.6) is 0 Å². The van der Waals surface area contributed by atoms with Crippen molar-refractivity contribution in [3.8, 4) is 0 Å². The van der Waals surface area contributed by atoms with Crippen molar-refractivity contribution in [3.63, 3.8) is 0 Å². The molecule has 0 bridgehead atoms. The molecule has 0 saturated carbocycles. The van der Waals surface area contributed by atoms with Crippen LogP contribution in [-0.2, 0) is 14.3 Å². The van der Waals surface area contributed by atoms with Gasteiger partial charge in [-0.3, -0.25) is 4.79 Å². The van der Waals surface area contributed by atoms with E-state index in [1.165, 1.54) is 11.8 Å². The summed E-state index contributed by atoms with van der Waals surface area (Å²) in [5.74, 6) is -0.597. The maximum absolute atomic E-state index is 11.7. The third-order valence-corrected chi connectivity index (χ3v) is 3.26. The minimum Gasteiger partial charge on any atom is -0.462 e. The van der Waals surface area contributed by atoms with Gasteiger partial charge < -0.3 is 15.2 Å². The molecule has 0 radical (unpaired) electrons. The van der Waals surface area contributed by atoms with Crippen LogP contribution in [0.4, 0.5) is 5.69 Å². The zero-order chi connectivity index (χ0) is 16.0. The highest BCUT2D eigenvalue weighted by molar-refractivity contribution is 8.00. The molecule has 0 aliphatic carbocycles. The van der Waals surface area contributed by atoms with Crippen molar-refractivity contribution in [2.75, 3.05) is 18.1 Å². The first kappa shape index (κ1) is 17.4. The van der Waals surface area contributed by atoms with Crippen LogP contribution >= 0.6 is 11.8 Å². The van der Waals surface area contributed by atoms with E-state index >= 15 is 0 Å². The Balaban J connectivity index is 2.70. The molecule has 1 rings (SSSR count). The minimum atomic E-state index is -0.505. The average Bonchev–Trinajstić information content (AvgIpc) is 2.36.